The molecule has 1 aromatic rings. The highest BCUT2D eigenvalue weighted by atomic mass is 15.7. The zero-order valence-corrected chi connectivity index (χ0v) is 6.13. The van der Waals surface area contributed by atoms with Gasteiger partial charge in [-0.15, -0.1) is 5.53 Å². The maximum absolute atomic E-state index is 5.59. The van der Waals surface area contributed by atoms with Crippen molar-refractivity contribution >= 4 is 17.2 Å². The largest absolute Gasteiger partial charge is 0.382 e. The number of hydrazine groups is 2. The molecule has 0 amide bonds. The molecule has 0 bridgehead atoms. The third-order valence-electron chi connectivity index (χ3n) is 1.67. The van der Waals surface area contributed by atoms with E-state index >= 15 is 0 Å². The van der Waals surface area contributed by atoms with Crippen LogP contribution in [0.3, 0.4) is 0 Å². The van der Waals surface area contributed by atoms with E-state index in [4.69, 9.17) is 5.73 Å². The normalized spacial score (nSPS) is 14.5. The van der Waals surface area contributed by atoms with Gasteiger partial charge in [-0.05, 0) is 6.07 Å². The Morgan fingerprint density at radius 3 is 3.18 bits per heavy atom. The minimum atomic E-state index is 0.513. The zero-order valence-electron chi connectivity index (χ0n) is 6.13. The van der Waals surface area contributed by atoms with Crippen LogP contribution >= 0.6 is 0 Å². The number of hydrogen-bond donors (Lipinski definition) is 3. The van der Waals surface area contributed by atoms with E-state index in [1.54, 1.807) is 6.20 Å². The molecule has 0 aliphatic carbocycles. The summed E-state index contributed by atoms with van der Waals surface area (Å²) >= 11 is 0. The Morgan fingerprint density at radius 2 is 2.45 bits per heavy atom. The van der Waals surface area contributed by atoms with E-state index in [1.807, 2.05) is 18.1 Å². The molecule has 0 saturated carbocycles. The van der Waals surface area contributed by atoms with Gasteiger partial charge in [0.05, 0.1) is 5.69 Å². The highest BCUT2D eigenvalue weighted by molar-refractivity contribution is 5.81. The van der Waals surface area contributed by atoms with Gasteiger partial charge in [0.15, 0.2) is 0 Å². The maximum Gasteiger partial charge on any atom is 0.150 e. The molecule has 1 aromatic heterocycles. The van der Waals surface area contributed by atoms with E-state index in [1.165, 1.54) is 0 Å². The molecule has 0 saturated heterocycles. The minimum Gasteiger partial charge on any atom is -0.382 e. The molecule has 0 fully saturated rings. The van der Waals surface area contributed by atoms with Crippen molar-refractivity contribution in [3.8, 4) is 0 Å². The van der Waals surface area contributed by atoms with E-state index in [0.29, 0.717) is 5.82 Å². The average Bonchev–Trinajstić information content (AvgIpc) is 2.35. The van der Waals surface area contributed by atoms with Crippen LogP contribution < -0.4 is 21.7 Å². The molecule has 0 spiro atoms. The number of nitrogens with two attached hydrogens (primary N) is 1. The lowest BCUT2D eigenvalue weighted by molar-refractivity contribution is 0.820. The lowest BCUT2D eigenvalue weighted by Crippen LogP contribution is -2.31. The molecule has 11 heavy (non-hydrogen) atoms. The van der Waals surface area contributed by atoms with Crippen LogP contribution in [0.15, 0.2) is 12.3 Å². The number of anilines is 3. The van der Waals surface area contributed by atoms with Crippen LogP contribution in [0.5, 0.6) is 0 Å². The quantitative estimate of drug-likeness (QED) is 0.485. The van der Waals surface area contributed by atoms with Gasteiger partial charge in [-0.2, -0.15) is 0 Å². The first-order valence-electron chi connectivity index (χ1n) is 3.29. The molecule has 0 atom stereocenters. The summed E-state index contributed by atoms with van der Waals surface area (Å²) in [4.78, 5) is 3.93. The first-order valence-corrected chi connectivity index (χ1v) is 3.29. The summed E-state index contributed by atoms with van der Waals surface area (Å²) in [7, 11) is 1.90. The second kappa shape index (κ2) is 2.00. The fraction of sp³-hybridized carbons (Fsp3) is 0.167. The Labute approximate surface area is 64.1 Å². The second-order valence-electron chi connectivity index (χ2n) is 2.39. The number of nitrogens with zero attached hydrogens (tertiary/aromatic N) is 2. The summed E-state index contributed by atoms with van der Waals surface area (Å²) in [5, 5.41) is 1.84. The Bertz CT molecular complexity index is 284. The number of hydrogen-bond acceptors (Lipinski definition) is 5. The number of rotatable bonds is 0. The lowest BCUT2D eigenvalue weighted by Gasteiger charge is -2.08. The number of nitrogens with one attached hydrogen (secondary N) is 2. The van der Waals surface area contributed by atoms with Crippen LogP contribution in [0.25, 0.3) is 0 Å². The Kier molecular flexibility index (Phi) is 1.13. The molecule has 0 radical (unpaired) electrons. The SMILES string of the molecule is CN1NNc2c1ccnc2N. The summed E-state index contributed by atoms with van der Waals surface area (Å²) in [6.07, 6.45) is 1.68. The van der Waals surface area contributed by atoms with Gasteiger partial charge in [0.2, 0.25) is 0 Å². The van der Waals surface area contributed by atoms with Gasteiger partial charge >= 0.3 is 0 Å². The number of aromatic nitrogens is 1. The molecule has 5 nitrogen and oxygen atoms in total. The molecule has 5 heteroatoms. The average molecular weight is 151 g/mol. The number of fused-ring (bicyclic) bond motifs is 1. The van der Waals surface area contributed by atoms with Crippen LogP contribution in [0.4, 0.5) is 17.2 Å². The van der Waals surface area contributed by atoms with Crippen molar-refractivity contribution in [1.29, 1.82) is 0 Å². The molecule has 2 rings (SSSR count). The fourth-order valence-electron chi connectivity index (χ4n) is 1.07. The molecule has 1 aliphatic heterocycles. The summed E-state index contributed by atoms with van der Waals surface area (Å²) in [5.41, 5.74) is 13.2. The topological polar surface area (TPSA) is 66.2 Å². The highest BCUT2D eigenvalue weighted by Crippen LogP contribution is 2.30. The monoisotopic (exact) mass is 151 g/mol. The predicted octanol–water partition coefficient (Wildman–Crippen LogP) is -0.0549. The van der Waals surface area contributed by atoms with Crippen molar-refractivity contribution < 1.29 is 0 Å². The van der Waals surface area contributed by atoms with Crippen LogP contribution in [0.2, 0.25) is 0 Å². The van der Waals surface area contributed by atoms with Gasteiger partial charge in [-0.25, -0.2) is 4.98 Å². The Hall–Kier alpha value is -1.49. The van der Waals surface area contributed by atoms with E-state index in [2.05, 4.69) is 15.9 Å². The second-order valence-corrected chi connectivity index (χ2v) is 2.39. The van der Waals surface area contributed by atoms with Crippen LogP contribution in [0.1, 0.15) is 0 Å². The number of nitrogen functional groups attached to an aromatic ring is 1. The summed E-state index contributed by atoms with van der Waals surface area (Å²) in [5.74, 6) is 0.513. The standard InChI is InChI=1S/C6H9N5/c1-11-4-2-3-8-6(7)5(4)9-10-11/h2-3,9-10H,1H3,(H2,7,8). The first kappa shape index (κ1) is 6.23. The fourth-order valence-corrected chi connectivity index (χ4v) is 1.07. The van der Waals surface area contributed by atoms with Crippen LogP contribution in [-0.2, 0) is 0 Å². The smallest absolute Gasteiger partial charge is 0.150 e. The molecule has 0 aromatic carbocycles. The molecule has 58 valence electrons. The molecule has 4 N–H and O–H groups in total. The highest BCUT2D eigenvalue weighted by Gasteiger charge is 2.16. The van der Waals surface area contributed by atoms with Crippen LogP contribution in [-0.4, -0.2) is 12.0 Å². The van der Waals surface area contributed by atoms with Gasteiger partial charge in [0, 0.05) is 13.2 Å². The van der Waals surface area contributed by atoms with Gasteiger partial charge in [-0.1, -0.05) is 0 Å². The molecular formula is C6H9N5. The molecule has 1 aliphatic rings. The lowest BCUT2D eigenvalue weighted by atomic mass is 10.3. The van der Waals surface area contributed by atoms with Crippen molar-refractivity contribution in [3.05, 3.63) is 12.3 Å². The van der Waals surface area contributed by atoms with Crippen molar-refractivity contribution in [3.63, 3.8) is 0 Å². The molecule has 0 unspecified atom stereocenters. The summed E-state index contributed by atoms with van der Waals surface area (Å²) < 4.78 is 0. The summed E-state index contributed by atoms with van der Waals surface area (Å²) in [6, 6.07) is 1.89. The predicted molar refractivity (Wildman–Crippen MR) is 43.8 cm³/mol. The zero-order chi connectivity index (χ0) is 7.84. The van der Waals surface area contributed by atoms with Gasteiger partial charge < -0.3 is 5.73 Å². The minimum absolute atomic E-state index is 0.513. The van der Waals surface area contributed by atoms with E-state index < -0.39 is 0 Å². The Morgan fingerprint density at radius 1 is 1.64 bits per heavy atom. The third-order valence-corrected chi connectivity index (χ3v) is 1.67. The Balaban J connectivity index is 2.57. The van der Waals surface area contributed by atoms with Crippen molar-refractivity contribution in [2.75, 3.05) is 23.2 Å². The molecular weight excluding hydrogens is 142 g/mol. The maximum atomic E-state index is 5.59. The first-order chi connectivity index (χ1) is 5.29. The van der Waals surface area contributed by atoms with Gasteiger partial charge in [0.25, 0.3) is 0 Å². The van der Waals surface area contributed by atoms with Gasteiger partial charge in [0.1, 0.15) is 11.5 Å². The van der Waals surface area contributed by atoms with Crippen molar-refractivity contribution in [1.82, 2.24) is 10.5 Å². The van der Waals surface area contributed by atoms with Crippen LogP contribution in [0, 0.1) is 0 Å². The summed E-state index contributed by atoms with van der Waals surface area (Å²) in [6.45, 7) is 0. The van der Waals surface area contributed by atoms with Crippen molar-refractivity contribution in [2.24, 2.45) is 0 Å². The van der Waals surface area contributed by atoms with E-state index in [-0.39, 0.29) is 0 Å². The van der Waals surface area contributed by atoms with E-state index in [0.717, 1.165) is 11.4 Å². The van der Waals surface area contributed by atoms with E-state index in [9.17, 15) is 0 Å². The molecule has 2 heterocycles. The van der Waals surface area contributed by atoms with Gasteiger partial charge in [-0.3, -0.25) is 10.4 Å². The number of pyridine rings is 1. The third kappa shape index (κ3) is 0.779. The van der Waals surface area contributed by atoms with Crippen molar-refractivity contribution in [2.45, 2.75) is 0 Å².